The minimum atomic E-state index is -0.869. The molecule has 0 unspecified atom stereocenters. The van der Waals surface area contributed by atoms with Crippen LogP contribution in [0.15, 0.2) is 23.1 Å². The summed E-state index contributed by atoms with van der Waals surface area (Å²) in [5, 5.41) is 11.9. The molecule has 0 aromatic carbocycles. The van der Waals surface area contributed by atoms with Gasteiger partial charge in [0.1, 0.15) is 11.1 Å². The van der Waals surface area contributed by atoms with Crippen molar-refractivity contribution < 1.29 is 14.3 Å². The van der Waals surface area contributed by atoms with Crippen molar-refractivity contribution in [2.24, 2.45) is 0 Å². The molecule has 1 saturated carbocycles. The van der Waals surface area contributed by atoms with E-state index in [0.717, 1.165) is 19.3 Å². The Hall–Kier alpha value is -2.62. The van der Waals surface area contributed by atoms with E-state index in [0.29, 0.717) is 12.8 Å². The number of H-pyrrole nitrogens is 1. The maximum Gasteiger partial charge on any atom is 0.344 e. The van der Waals surface area contributed by atoms with Crippen LogP contribution < -0.4 is 10.9 Å². The van der Waals surface area contributed by atoms with Crippen LogP contribution in [0.25, 0.3) is 0 Å². The van der Waals surface area contributed by atoms with Crippen LogP contribution in [0.1, 0.15) is 42.5 Å². The summed E-state index contributed by atoms with van der Waals surface area (Å²) >= 11 is 0. The Balaban J connectivity index is 1.90. The van der Waals surface area contributed by atoms with E-state index in [2.05, 4.69) is 16.4 Å². The van der Waals surface area contributed by atoms with Crippen LogP contribution in [0.3, 0.4) is 0 Å². The van der Waals surface area contributed by atoms with Crippen LogP contribution in [-0.4, -0.2) is 29.0 Å². The number of aromatic amines is 1. The van der Waals surface area contributed by atoms with Gasteiger partial charge >= 0.3 is 5.97 Å². The van der Waals surface area contributed by atoms with Crippen molar-refractivity contribution >= 4 is 11.9 Å². The molecule has 2 rings (SSSR count). The van der Waals surface area contributed by atoms with Crippen LogP contribution in [0.5, 0.6) is 0 Å². The molecule has 7 nitrogen and oxygen atoms in total. The summed E-state index contributed by atoms with van der Waals surface area (Å²) < 4.78 is 4.82. The second-order valence-electron chi connectivity index (χ2n) is 5.29. The van der Waals surface area contributed by atoms with Gasteiger partial charge in [0.2, 0.25) is 0 Å². The number of esters is 1. The summed E-state index contributed by atoms with van der Waals surface area (Å²) in [5.41, 5.74) is -1.61. The highest BCUT2D eigenvalue weighted by atomic mass is 16.5. The van der Waals surface area contributed by atoms with Crippen LogP contribution in [0, 0.1) is 11.3 Å². The van der Waals surface area contributed by atoms with E-state index in [4.69, 9.17) is 4.74 Å². The third-order valence-corrected chi connectivity index (χ3v) is 3.67. The van der Waals surface area contributed by atoms with Crippen molar-refractivity contribution in [3.8, 4) is 6.07 Å². The summed E-state index contributed by atoms with van der Waals surface area (Å²) in [4.78, 5) is 37.4. The third-order valence-electron chi connectivity index (χ3n) is 3.67. The van der Waals surface area contributed by atoms with Crippen molar-refractivity contribution in [2.45, 2.75) is 37.6 Å². The van der Waals surface area contributed by atoms with Gasteiger partial charge < -0.3 is 15.0 Å². The van der Waals surface area contributed by atoms with E-state index in [1.165, 1.54) is 18.3 Å². The summed E-state index contributed by atoms with van der Waals surface area (Å²) in [6, 6.07) is 4.96. The molecule has 7 heteroatoms. The van der Waals surface area contributed by atoms with Gasteiger partial charge in [-0.15, -0.1) is 0 Å². The number of carbonyl (C=O) groups is 2. The molecule has 1 aliphatic carbocycles. The Morgan fingerprint density at radius 2 is 2.09 bits per heavy atom. The molecule has 1 heterocycles. The fourth-order valence-electron chi connectivity index (χ4n) is 2.51. The minimum absolute atomic E-state index is 0.164. The van der Waals surface area contributed by atoms with Gasteiger partial charge in [-0.1, -0.05) is 19.3 Å². The Morgan fingerprint density at radius 3 is 2.73 bits per heavy atom. The molecule has 2 N–H and O–H groups in total. The number of carbonyl (C=O) groups excluding carboxylic acids is 2. The molecule has 1 aliphatic rings. The lowest BCUT2D eigenvalue weighted by atomic mass is 9.83. The van der Waals surface area contributed by atoms with Gasteiger partial charge in [-0.3, -0.25) is 9.59 Å². The number of amides is 1. The molecule has 0 atom stereocenters. The molecular weight excluding hydrogens is 286 g/mol. The Kier molecular flexibility index (Phi) is 4.94. The third kappa shape index (κ3) is 3.73. The fraction of sp³-hybridized carbons (Fsp3) is 0.467. The minimum Gasteiger partial charge on any atom is -0.452 e. The second-order valence-corrected chi connectivity index (χ2v) is 5.29. The molecule has 0 saturated heterocycles. The van der Waals surface area contributed by atoms with Gasteiger partial charge in [-0.05, 0) is 25.0 Å². The van der Waals surface area contributed by atoms with Crippen molar-refractivity contribution in [2.75, 3.05) is 6.61 Å². The van der Waals surface area contributed by atoms with E-state index >= 15 is 0 Å². The van der Waals surface area contributed by atoms with Crippen molar-refractivity contribution in [3.63, 3.8) is 0 Å². The number of nitriles is 1. The predicted molar refractivity (Wildman–Crippen MR) is 76.9 cm³/mol. The van der Waals surface area contributed by atoms with Gasteiger partial charge in [0.05, 0.1) is 6.07 Å². The monoisotopic (exact) mass is 303 g/mol. The average Bonchev–Trinajstić information content (AvgIpc) is 2.54. The fourth-order valence-corrected chi connectivity index (χ4v) is 2.51. The normalized spacial score (nSPS) is 16.3. The highest BCUT2D eigenvalue weighted by Gasteiger charge is 2.33. The van der Waals surface area contributed by atoms with Crippen LogP contribution in [0.2, 0.25) is 0 Å². The largest absolute Gasteiger partial charge is 0.452 e. The molecule has 0 bridgehead atoms. The first-order valence-electron chi connectivity index (χ1n) is 7.13. The molecular formula is C15H17N3O4. The Bertz CT molecular complexity index is 653. The maximum absolute atomic E-state index is 11.9. The topological polar surface area (TPSA) is 112 Å². The average molecular weight is 303 g/mol. The van der Waals surface area contributed by atoms with Gasteiger partial charge in [0.25, 0.3) is 11.5 Å². The number of nitrogens with zero attached hydrogens (tertiary/aromatic N) is 1. The summed E-state index contributed by atoms with van der Waals surface area (Å²) in [5.74, 6) is -1.41. The molecule has 0 aliphatic heterocycles. The molecule has 0 spiro atoms. The summed E-state index contributed by atoms with van der Waals surface area (Å²) in [6.07, 6.45) is 5.40. The molecule has 1 aromatic rings. The molecule has 116 valence electrons. The van der Waals surface area contributed by atoms with Crippen LogP contribution >= 0.6 is 0 Å². The number of rotatable bonds is 4. The van der Waals surface area contributed by atoms with Crippen LogP contribution in [0.4, 0.5) is 0 Å². The van der Waals surface area contributed by atoms with Gasteiger partial charge in [0.15, 0.2) is 6.61 Å². The number of nitrogens with one attached hydrogen (secondary N) is 2. The number of pyridine rings is 1. The van der Waals surface area contributed by atoms with Gasteiger partial charge in [0, 0.05) is 6.20 Å². The van der Waals surface area contributed by atoms with E-state index in [1.54, 1.807) is 0 Å². The lowest BCUT2D eigenvalue weighted by Crippen LogP contribution is -2.50. The van der Waals surface area contributed by atoms with E-state index in [-0.39, 0.29) is 5.56 Å². The Labute approximate surface area is 127 Å². The van der Waals surface area contributed by atoms with Crippen molar-refractivity contribution in [1.82, 2.24) is 10.3 Å². The van der Waals surface area contributed by atoms with Gasteiger partial charge in [-0.2, -0.15) is 5.26 Å². The quantitative estimate of drug-likeness (QED) is 0.802. The zero-order valence-electron chi connectivity index (χ0n) is 12.1. The highest BCUT2D eigenvalue weighted by molar-refractivity contribution is 5.91. The predicted octanol–water partition coefficient (Wildman–Crippen LogP) is 0.874. The van der Waals surface area contributed by atoms with E-state index in [1.807, 2.05) is 0 Å². The lowest BCUT2D eigenvalue weighted by molar-refractivity contribution is -0.125. The highest BCUT2D eigenvalue weighted by Crippen LogP contribution is 2.27. The first-order valence-corrected chi connectivity index (χ1v) is 7.13. The Morgan fingerprint density at radius 1 is 1.36 bits per heavy atom. The zero-order valence-corrected chi connectivity index (χ0v) is 12.1. The SMILES string of the molecule is N#CC1(NC(=O)COC(=O)c2ccc[nH]c2=O)CCCCC1. The standard InChI is InChI=1S/C15H17N3O4/c16-10-15(6-2-1-3-7-15)18-12(19)9-22-14(21)11-5-4-8-17-13(11)20/h4-5,8H,1-3,6-7,9H2,(H,17,20)(H,18,19). The van der Waals surface area contributed by atoms with Crippen molar-refractivity contribution in [1.29, 1.82) is 5.26 Å². The van der Waals surface area contributed by atoms with E-state index in [9.17, 15) is 19.6 Å². The molecule has 1 aromatic heterocycles. The maximum atomic E-state index is 11.9. The zero-order chi connectivity index (χ0) is 16.0. The second kappa shape index (κ2) is 6.89. The number of ether oxygens (including phenoxy) is 1. The van der Waals surface area contributed by atoms with Crippen LogP contribution in [-0.2, 0) is 9.53 Å². The first-order chi connectivity index (χ1) is 10.6. The molecule has 1 fully saturated rings. The molecule has 1 amide bonds. The smallest absolute Gasteiger partial charge is 0.344 e. The van der Waals surface area contributed by atoms with Crippen molar-refractivity contribution in [3.05, 3.63) is 34.2 Å². The lowest BCUT2D eigenvalue weighted by Gasteiger charge is -2.31. The molecule has 22 heavy (non-hydrogen) atoms. The number of hydrogen-bond acceptors (Lipinski definition) is 5. The number of hydrogen-bond donors (Lipinski definition) is 2. The summed E-state index contributed by atoms with van der Waals surface area (Å²) in [6.45, 7) is -0.517. The van der Waals surface area contributed by atoms with Gasteiger partial charge in [-0.25, -0.2) is 4.79 Å². The van der Waals surface area contributed by atoms with E-state index < -0.39 is 29.6 Å². The summed E-state index contributed by atoms with van der Waals surface area (Å²) in [7, 11) is 0. The number of aromatic nitrogens is 1. The molecule has 0 radical (unpaired) electrons. The first kappa shape index (κ1) is 15.8.